The van der Waals surface area contributed by atoms with E-state index in [1.807, 2.05) is 42.5 Å². The highest BCUT2D eigenvalue weighted by molar-refractivity contribution is 9.10. The molecule has 0 fully saturated rings. The number of hydrogen-bond donors (Lipinski definition) is 1. The molecule has 0 saturated carbocycles. The van der Waals surface area contributed by atoms with Crippen LogP contribution in [0.25, 0.3) is 6.08 Å². The van der Waals surface area contributed by atoms with Gasteiger partial charge in [0.2, 0.25) is 4.91 Å². The third-order valence-corrected chi connectivity index (χ3v) is 5.66. The van der Waals surface area contributed by atoms with Gasteiger partial charge in [0.15, 0.2) is 4.90 Å². The molecule has 1 N–H and O–H groups in total. The minimum absolute atomic E-state index is 0.201. The van der Waals surface area contributed by atoms with Crippen LogP contribution in [-0.2, 0) is 22.5 Å². The van der Waals surface area contributed by atoms with Gasteiger partial charge in [-0.25, -0.2) is 0 Å². The lowest BCUT2D eigenvalue weighted by Gasteiger charge is -2.13. The summed E-state index contributed by atoms with van der Waals surface area (Å²) in [5.41, 5.74) is 1.67. The van der Waals surface area contributed by atoms with Crippen molar-refractivity contribution in [2.75, 3.05) is 0 Å². The van der Waals surface area contributed by atoms with Gasteiger partial charge >= 0.3 is 0 Å². The van der Waals surface area contributed by atoms with Gasteiger partial charge in [-0.2, -0.15) is 0 Å². The van der Waals surface area contributed by atoms with Crippen molar-refractivity contribution in [2.24, 2.45) is 0 Å². The van der Waals surface area contributed by atoms with Crippen LogP contribution in [0.4, 0.5) is 0 Å². The summed E-state index contributed by atoms with van der Waals surface area (Å²) in [5, 5.41) is 2.83. The van der Waals surface area contributed by atoms with Crippen LogP contribution in [-0.4, -0.2) is 15.4 Å². The number of pyridine rings is 1. The van der Waals surface area contributed by atoms with Gasteiger partial charge in [-0.1, -0.05) is 52.3 Å². The molecule has 1 amide bonds. The Morgan fingerprint density at radius 1 is 1.07 bits per heavy atom. The van der Waals surface area contributed by atoms with E-state index in [0.717, 1.165) is 15.6 Å². The SMILES string of the molecule is O=C(NCc1cccnc1)/C(=C\c1ccc(Br)cc1)[S+]([O-])c1ccccc1. The maximum Gasteiger partial charge on any atom is 0.300 e. The standard InChI is InChI=1S/C21H17BrN2O2S/c22-18-10-8-16(9-11-18)13-20(27(26)19-6-2-1-3-7-19)21(25)24-15-17-5-4-12-23-14-17/h1-14H,15H2,(H,24,25)/b20-13+. The summed E-state index contributed by atoms with van der Waals surface area (Å²) in [6.07, 6.45) is 5.02. The molecule has 1 unspecified atom stereocenters. The minimum Gasteiger partial charge on any atom is -0.606 e. The highest BCUT2D eigenvalue weighted by Crippen LogP contribution is 2.22. The Morgan fingerprint density at radius 2 is 1.81 bits per heavy atom. The molecule has 136 valence electrons. The first-order valence-electron chi connectivity index (χ1n) is 8.24. The van der Waals surface area contributed by atoms with Crippen LogP contribution in [0.15, 0.2) is 93.4 Å². The number of rotatable bonds is 6. The normalized spacial score (nSPS) is 12.4. The number of nitrogens with zero attached hydrogens (tertiary/aromatic N) is 1. The summed E-state index contributed by atoms with van der Waals surface area (Å²) in [6.45, 7) is 0.316. The van der Waals surface area contributed by atoms with Crippen LogP contribution in [0.1, 0.15) is 11.1 Å². The van der Waals surface area contributed by atoms with E-state index >= 15 is 0 Å². The average Bonchev–Trinajstić information content (AvgIpc) is 2.72. The minimum atomic E-state index is -1.59. The number of benzene rings is 2. The molecule has 0 aliphatic carbocycles. The van der Waals surface area contributed by atoms with E-state index in [9.17, 15) is 9.35 Å². The second-order valence-corrected chi connectivity index (χ2v) is 8.05. The topological polar surface area (TPSA) is 65.0 Å². The highest BCUT2D eigenvalue weighted by atomic mass is 79.9. The Bertz CT molecular complexity index is 916. The summed E-state index contributed by atoms with van der Waals surface area (Å²) in [5.74, 6) is -0.371. The maximum absolute atomic E-state index is 13.0. The molecule has 0 spiro atoms. The smallest absolute Gasteiger partial charge is 0.300 e. The number of nitrogens with one attached hydrogen (secondary N) is 1. The fourth-order valence-electron chi connectivity index (χ4n) is 2.36. The first kappa shape index (κ1) is 19.4. The van der Waals surface area contributed by atoms with E-state index in [1.54, 1.807) is 42.7 Å². The Hall–Kier alpha value is -2.41. The lowest BCUT2D eigenvalue weighted by molar-refractivity contribution is -0.116. The zero-order valence-electron chi connectivity index (χ0n) is 14.3. The molecular weight excluding hydrogens is 424 g/mol. The molecule has 3 rings (SSSR count). The number of hydrogen-bond acceptors (Lipinski definition) is 3. The van der Waals surface area contributed by atoms with Crippen LogP contribution in [0.5, 0.6) is 0 Å². The third-order valence-electron chi connectivity index (χ3n) is 3.72. The second kappa shape index (κ2) is 9.50. The summed E-state index contributed by atoms with van der Waals surface area (Å²) >= 11 is 1.80. The fraction of sp³-hybridized carbons (Fsp3) is 0.0476. The van der Waals surface area contributed by atoms with Gasteiger partial charge in [0, 0.05) is 40.7 Å². The van der Waals surface area contributed by atoms with Crippen molar-refractivity contribution in [3.63, 3.8) is 0 Å². The van der Waals surface area contributed by atoms with E-state index < -0.39 is 11.2 Å². The summed E-state index contributed by atoms with van der Waals surface area (Å²) in [7, 11) is 0. The molecule has 2 aromatic carbocycles. The second-order valence-electron chi connectivity index (χ2n) is 5.69. The number of carbonyl (C=O) groups is 1. The molecular formula is C21H17BrN2O2S. The van der Waals surface area contributed by atoms with Gasteiger partial charge in [-0.3, -0.25) is 9.78 Å². The molecule has 1 atom stereocenters. The average molecular weight is 441 g/mol. The predicted molar refractivity (Wildman–Crippen MR) is 111 cm³/mol. The van der Waals surface area contributed by atoms with Crippen LogP contribution in [0, 0.1) is 0 Å². The van der Waals surface area contributed by atoms with Crippen molar-refractivity contribution in [1.29, 1.82) is 0 Å². The van der Waals surface area contributed by atoms with Crippen molar-refractivity contribution in [3.8, 4) is 0 Å². The monoisotopic (exact) mass is 440 g/mol. The van der Waals surface area contributed by atoms with Crippen molar-refractivity contribution < 1.29 is 9.35 Å². The summed E-state index contributed by atoms with van der Waals surface area (Å²) in [4.78, 5) is 17.6. The van der Waals surface area contributed by atoms with E-state index in [-0.39, 0.29) is 10.8 Å². The molecule has 0 aliphatic heterocycles. The van der Waals surface area contributed by atoms with Gasteiger partial charge in [0.05, 0.1) is 0 Å². The van der Waals surface area contributed by atoms with Crippen molar-refractivity contribution in [2.45, 2.75) is 11.4 Å². The van der Waals surface area contributed by atoms with E-state index in [1.165, 1.54) is 0 Å². The van der Waals surface area contributed by atoms with Crippen molar-refractivity contribution >= 4 is 39.1 Å². The number of carbonyl (C=O) groups excluding carboxylic acids is 1. The van der Waals surface area contributed by atoms with E-state index in [2.05, 4.69) is 26.2 Å². The molecule has 1 aromatic heterocycles. The Kier molecular flexibility index (Phi) is 6.81. The van der Waals surface area contributed by atoms with Gasteiger partial charge < -0.3 is 9.87 Å². The zero-order chi connectivity index (χ0) is 19.1. The molecule has 3 aromatic rings. The Morgan fingerprint density at radius 3 is 2.48 bits per heavy atom. The lowest BCUT2D eigenvalue weighted by atomic mass is 10.2. The summed E-state index contributed by atoms with van der Waals surface area (Å²) < 4.78 is 14.0. The Balaban J connectivity index is 1.86. The Labute approximate surface area is 169 Å². The van der Waals surface area contributed by atoms with Crippen molar-refractivity contribution in [3.05, 3.63) is 99.6 Å². The van der Waals surface area contributed by atoms with E-state index in [4.69, 9.17) is 0 Å². The van der Waals surface area contributed by atoms with Crippen LogP contribution < -0.4 is 5.32 Å². The number of halogens is 1. The van der Waals surface area contributed by atoms with Crippen LogP contribution in [0.3, 0.4) is 0 Å². The number of aromatic nitrogens is 1. The fourth-order valence-corrected chi connectivity index (χ4v) is 3.76. The van der Waals surface area contributed by atoms with Gasteiger partial charge in [-0.15, -0.1) is 0 Å². The maximum atomic E-state index is 13.0. The van der Waals surface area contributed by atoms with Crippen molar-refractivity contribution in [1.82, 2.24) is 10.3 Å². The molecule has 0 bridgehead atoms. The van der Waals surface area contributed by atoms with Gasteiger partial charge in [0.1, 0.15) is 0 Å². The first-order chi connectivity index (χ1) is 13.1. The number of amides is 1. The zero-order valence-corrected chi connectivity index (χ0v) is 16.7. The molecule has 6 heteroatoms. The predicted octanol–water partition coefficient (Wildman–Crippen LogP) is 4.31. The molecule has 0 saturated heterocycles. The molecule has 1 heterocycles. The largest absolute Gasteiger partial charge is 0.606 e. The highest BCUT2D eigenvalue weighted by Gasteiger charge is 2.25. The first-order valence-corrected chi connectivity index (χ1v) is 10.2. The molecule has 27 heavy (non-hydrogen) atoms. The van der Waals surface area contributed by atoms with Gasteiger partial charge in [-0.05, 0) is 41.5 Å². The molecule has 4 nitrogen and oxygen atoms in total. The van der Waals surface area contributed by atoms with E-state index in [0.29, 0.717) is 11.4 Å². The lowest BCUT2D eigenvalue weighted by Crippen LogP contribution is -2.28. The van der Waals surface area contributed by atoms with Crippen LogP contribution >= 0.6 is 15.9 Å². The van der Waals surface area contributed by atoms with Crippen LogP contribution in [0.2, 0.25) is 0 Å². The third kappa shape index (κ3) is 5.53. The van der Waals surface area contributed by atoms with Gasteiger partial charge in [0.25, 0.3) is 5.91 Å². The quantitative estimate of drug-likeness (QED) is 0.458. The molecule has 0 aliphatic rings. The summed E-state index contributed by atoms with van der Waals surface area (Å²) in [6, 6.07) is 20.1. The molecule has 0 radical (unpaired) electrons.